The Morgan fingerprint density at radius 1 is 0.287 bits per heavy atom. The number of phenolic OH excluding ortho intramolecular Hbond substituents is 3. The number of fused-ring (bicyclic) bond motifs is 9. The first-order chi connectivity index (χ1) is 42.8. The highest BCUT2D eigenvalue weighted by Crippen LogP contribution is 2.32. The molecule has 1 aliphatic heterocycles. The van der Waals surface area contributed by atoms with Crippen LogP contribution in [0.25, 0.3) is 0 Å². The Morgan fingerprint density at radius 2 is 0.471 bits per heavy atom. The lowest BCUT2D eigenvalue weighted by Gasteiger charge is -2.26. The van der Waals surface area contributed by atoms with Crippen molar-refractivity contribution >= 4 is 37.3 Å². The van der Waals surface area contributed by atoms with E-state index >= 15 is 0 Å². The highest BCUT2D eigenvalue weighted by molar-refractivity contribution is 5.95. The molecule has 3 fully saturated rings. The van der Waals surface area contributed by atoms with E-state index in [1.54, 1.807) is 0 Å². The fourth-order valence-corrected chi connectivity index (χ4v) is 12.8. The quantitative estimate of drug-likeness (QED) is 0.0609. The molecule has 4 aliphatic rings. The van der Waals surface area contributed by atoms with Crippen LogP contribution < -0.4 is 0 Å². The highest BCUT2D eigenvalue weighted by atomic mass is 16.3. The molecule has 0 spiro atoms. The van der Waals surface area contributed by atoms with Crippen LogP contribution in [-0.4, -0.2) is 88.9 Å². The third-order valence-electron chi connectivity index (χ3n) is 18.2. The number of hydrogen-bond donors (Lipinski definition) is 3. The molecule has 1 heterocycles. The second kappa shape index (κ2) is 40.3. The average molecular weight is 1180 g/mol. The first kappa shape index (κ1) is 68.3. The van der Waals surface area contributed by atoms with E-state index < -0.39 is 0 Å². The van der Waals surface area contributed by atoms with Crippen molar-refractivity contribution in [2.75, 3.05) is 0 Å². The minimum Gasteiger partial charge on any atom is -0.507 e. The predicted octanol–water partition coefficient (Wildman–Crippen LogP) is 19.3. The molecule has 3 aliphatic carbocycles. The number of aliphatic imine (C=N–C) groups is 6. The second-order valence-electron chi connectivity index (χ2n) is 25.5. The van der Waals surface area contributed by atoms with Gasteiger partial charge in [0.2, 0.25) is 0 Å². The van der Waals surface area contributed by atoms with Crippen LogP contribution in [0, 0.1) is 35.5 Å². The summed E-state index contributed by atoms with van der Waals surface area (Å²) in [5.74, 6) is 21.1. The summed E-state index contributed by atoms with van der Waals surface area (Å²) in [6.45, 7) is 6.79. The molecule has 3 aromatic carbocycles. The third-order valence-corrected chi connectivity index (χ3v) is 18.2. The van der Waals surface area contributed by atoms with Crippen molar-refractivity contribution in [3.63, 3.8) is 0 Å². The fourth-order valence-electron chi connectivity index (χ4n) is 12.8. The van der Waals surface area contributed by atoms with E-state index in [1.165, 1.54) is 135 Å². The lowest BCUT2D eigenvalue weighted by atomic mass is 9.91. The molecule has 3 aromatic rings. The van der Waals surface area contributed by atoms with E-state index in [0.717, 1.165) is 132 Å². The van der Waals surface area contributed by atoms with E-state index in [0.29, 0.717) is 33.4 Å². The van der Waals surface area contributed by atoms with E-state index in [-0.39, 0.29) is 53.5 Å². The molecule has 9 heteroatoms. The molecule has 3 N–H and O–H groups in total. The highest BCUT2D eigenvalue weighted by Gasteiger charge is 2.27. The summed E-state index contributed by atoms with van der Waals surface area (Å²) >= 11 is 0. The Hall–Kier alpha value is -6.24. The number of hydrogen-bond acceptors (Lipinski definition) is 9. The summed E-state index contributed by atoms with van der Waals surface area (Å²) in [4.78, 5) is 31.2. The van der Waals surface area contributed by atoms with Gasteiger partial charge in [0, 0.05) is 107 Å². The zero-order valence-electron chi connectivity index (χ0n) is 54.0. The maximum absolute atomic E-state index is 12.1. The van der Waals surface area contributed by atoms with Crippen molar-refractivity contribution in [2.45, 2.75) is 307 Å². The largest absolute Gasteiger partial charge is 0.507 e. The predicted molar refractivity (Wildman–Crippen MR) is 370 cm³/mol. The van der Waals surface area contributed by atoms with Gasteiger partial charge in [0.1, 0.15) is 17.2 Å². The molecule has 6 bridgehead atoms. The van der Waals surface area contributed by atoms with Gasteiger partial charge in [0.25, 0.3) is 0 Å². The SMILES string of the molecule is CCCCCCCCCCC#Cc1cc2c(O)c(c1)C=NC1CCCCC1N=Cc1cc(C#CCCCCCCCCCC)cc(c1O)C=NC1CCCCC1N=Cc1cc(C#CCCCCCCCCCC)cc(c1O)C=NC1CCCCC1N=C2. The summed E-state index contributed by atoms with van der Waals surface area (Å²) in [5, 5.41) is 36.3. The molecule has 7 rings (SSSR count). The summed E-state index contributed by atoms with van der Waals surface area (Å²) in [6.07, 6.45) is 54.9. The summed E-state index contributed by atoms with van der Waals surface area (Å²) in [7, 11) is 0. The van der Waals surface area contributed by atoms with Gasteiger partial charge in [-0.3, -0.25) is 30.0 Å². The van der Waals surface area contributed by atoms with Crippen LogP contribution in [0.2, 0.25) is 0 Å². The van der Waals surface area contributed by atoms with Gasteiger partial charge in [0.05, 0.1) is 36.3 Å². The maximum atomic E-state index is 12.1. The van der Waals surface area contributed by atoms with Crippen molar-refractivity contribution in [1.29, 1.82) is 0 Å². The summed E-state index contributed by atoms with van der Waals surface area (Å²) < 4.78 is 0. The number of aromatic hydroxyl groups is 3. The smallest absolute Gasteiger partial charge is 0.133 e. The topological polar surface area (TPSA) is 135 Å². The summed E-state index contributed by atoms with van der Waals surface area (Å²) in [5.41, 5.74) is 6.10. The number of phenols is 3. The Balaban J connectivity index is 1.24. The standard InChI is InChI=1S/C78H108N6O3/c1-4-7-10-13-16-19-22-25-28-31-40-61-49-64-55-79-70-43-34-36-45-72(70)81-57-66-51-62(41-32-29-26-23-20-17-14-11-8-5-2)53-68(77(66)86)59-83-74-47-38-39-48-75(74)84-60-69-54-63(42-33-30-27-24-21-18-15-12-9-6-3)52-67(78(69)87)58-82-73-46-37-35-44-71(73)80-56-65(50-61)76(64)85/h49-60,70-75,85-87H,4-30,34-39,43-48H2,1-3H3. The number of rotatable bonds is 24. The van der Waals surface area contributed by atoms with E-state index in [2.05, 4.69) is 56.3 Å². The molecule has 6 unspecified atom stereocenters. The molecule has 0 aromatic heterocycles. The number of nitrogens with zero attached hydrogens (tertiary/aromatic N) is 6. The normalized spacial score (nSPS) is 20.2. The summed E-state index contributed by atoms with van der Waals surface area (Å²) in [6, 6.07) is 11.1. The molecule has 87 heavy (non-hydrogen) atoms. The van der Waals surface area contributed by atoms with Gasteiger partial charge in [-0.05, 0) is 94.2 Å². The molecule has 468 valence electrons. The Morgan fingerprint density at radius 3 is 0.667 bits per heavy atom. The van der Waals surface area contributed by atoms with Crippen LogP contribution in [0.5, 0.6) is 17.2 Å². The van der Waals surface area contributed by atoms with Gasteiger partial charge in [-0.2, -0.15) is 0 Å². The van der Waals surface area contributed by atoms with Crippen molar-refractivity contribution in [3.05, 3.63) is 86.5 Å². The van der Waals surface area contributed by atoms with Crippen LogP contribution >= 0.6 is 0 Å². The van der Waals surface area contributed by atoms with E-state index in [4.69, 9.17) is 30.0 Å². The number of unbranched alkanes of at least 4 members (excludes halogenated alkanes) is 24. The van der Waals surface area contributed by atoms with Crippen molar-refractivity contribution in [2.24, 2.45) is 30.0 Å². The van der Waals surface area contributed by atoms with Crippen molar-refractivity contribution < 1.29 is 15.3 Å². The van der Waals surface area contributed by atoms with Crippen LogP contribution in [0.15, 0.2) is 66.4 Å². The maximum Gasteiger partial charge on any atom is 0.133 e. The zero-order valence-corrected chi connectivity index (χ0v) is 54.0. The van der Waals surface area contributed by atoms with E-state index in [1.807, 2.05) is 73.7 Å². The zero-order chi connectivity index (χ0) is 60.9. The third kappa shape index (κ3) is 24.3. The van der Waals surface area contributed by atoms with Crippen LogP contribution in [0.1, 0.15) is 321 Å². The van der Waals surface area contributed by atoms with Gasteiger partial charge < -0.3 is 15.3 Å². The molecular formula is C78H108N6O3. The minimum atomic E-state index is -0.115. The van der Waals surface area contributed by atoms with E-state index in [9.17, 15) is 15.3 Å². The number of benzene rings is 3. The average Bonchev–Trinajstić information content (AvgIpc) is 3.59. The minimum absolute atomic E-state index is 0.115. The second-order valence-corrected chi connectivity index (χ2v) is 25.5. The molecule has 3 saturated carbocycles. The molecule has 0 radical (unpaired) electrons. The van der Waals surface area contributed by atoms with Crippen LogP contribution in [0.3, 0.4) is 0 Å². The van der Waals surface area contributed by atoms with Gasteiger partial charge >= 0.3 is 0 Å². The van der Waals surface area contributed by atoms with Crippen molar-refractivity contribution in [3.8, 4) is 52.8 Å². The first-order valence-corrected chi connectivity index (χ1v) is 35.1. The lowest BCUT2D eigenvalue weighted by Crippen LogP contribution is -2.27. The first-order valence-electron chi connectivity index (χ1n) is 35.1. The molecular weight excluding hydrogens is 1070 g/mol. The fraction of sp³-hybridized carbons (Fsp3) is 0.615. The molecule has 0 saturated heterocycles. The Kier molecular flexibility index (Phi) is 31.6. The molecule has 6 atom stereocenters. The van der Waals surface area contributed by atoms with Crippen LogP contribution in [-0.2, 0) is 0 Å². The van der Waals surface area contributed by atoms with Crippen LogP contribution in [0.4, 0.5) is 0 Å². The Bertz CT molecular complexity index is 2490. The molecule has 0 amide bonds. The molecule has 9 nitrogen and oxygen atoms in total. The van der Waals surface area contributed by atoms with Gasteiger partial charge in [0.15, 0.2) is 0 Å². The Labute approximate surface area is 526 Å². The lowest BCUT2D eigenvalue weighted by molar-refractivity contribution is 0.389. The van der Waals surface area contributed by atoms with Gasteiger partial charge in [-0.15, -0.1) is 0 Å². The van der Waals surface area contributed by atoms with Gasteiger partial charge in [-0.25, -0.2) is 0 Å². The van der Waals surface area contributed by atoms with Crippen molar-refractivity contribution in [1.82, 2.24) is 0 Å². The van der Waals surface area contributed by atoms with Gasteiger partial charge in [-0.1, -0.05) is 230 Å². The monoisotopic (exact) mass is 1180 g/mol.